The van der Waals surface area contributed by atoms with Gasteiger partial charge in [0.2, 0.25) is 0 Å². The standard InChI is InChI=1S/C17H13F4NO3/c18-13-3-1-2-10(8-13)9-14(16(24)25)22-15(23)11-4-6-12(7-5-11)17(19,20)21/h1-8,14H,9H2,(H,22,23)(H,24,25). The van der Waals surface area contributed by atoms with Crippen LogP contribution in [0.15, 0.2) is 48.5 Å². The number of alkyl halides is 3. The molecule has 25 heavy (non-hydrogen) atoms. The van der Waals surface area contributed by atoms with Gasteiger partial charge in [0, 0.05) is 12.0 Å². The molecule has 132 valence electrons. The van der Waals surface area contributed by atoms with Crippen LogP contribution in [0.4, 0.5) is 17.6 Å². The predicted octanol–water partition coefficient (Wildman–Crippen LogP) is 3.27. The summed E-state index contributed by atoms with van der Waals surface area (Å²) in [6.45, 7) is 0. The maximum atomic E-state index is 13.2. The molecule has 2 aromatic rings. The minimum Gasteiger partial charge on any atom is -0.480 e. The van der Waals surface area contributed by atoms with Crippen LogP contribution in [0.5, 0.6) is 0 Å². The molecule has 0 aliphatic rings. The molecule has 1 atom stereocenters. The lowest BCUT2D eigenvalue weighted by Gasteiger charge is -2.15. The van der Waals surface area contributed by atoms with Crippen molar-refractivity contribution in [1.29, 1.82) is 0 Å². The van der Waals surface area contributed by atoms with Crippen molar-refractivity contribution in [2.75, 3.05) is 0 Å². The van der Waals surface area contributed by atoms with E-state index in [0.29, 0.717) is 5.56 Å². The van der Waals surface area contributed by atoms with Crippen molar-refractivity contribution in [1.82, 2.24) is 5.32 Å². The van der Waals surface area contributed by atoms with Crippen molar-refractivity contribution in [2.24, 2.45) is 0 Å². The van der Waals surface area contributed by atoms with Gasteiger partial charge in [0.15, 0.2) is 0 Å². The van der Waals surface area contributed by atoms with E-state index in [2.05, 4.69) is 5.32 Å². The lowest BCUT2D eigenvalue weighted by molar-refractivity contribution is -0.139. The first-order chi connectivity index (χ1) is 11.7. The summed E-state index contributed by atoms with van der Waals surface area (Å²) >= 11 is 0. The van der Waals surface area contributed by atoms with Crippen molar-refractivity contribution in [3.05, 3.63) is 71.0 Å². The second-order valence-corrected chi connectivity index (χ2v) is 5.27. The molecule has 2 aromatic carbocycles. The Labute approximate surface area is 140 Å². The van der Waals surface area contributed by atoms with Gasteiger partial charge < -0.3 is 10.4 Å². The largest absolute Gasteiger partial charge is 0.480 e. The second kappa shape index (κ2) is 7.33. The van der Waals surface area contributed by atoms with Crippen LogP contribution in [-0.4, -0.2) is 23.0 Å². The topological polar surface area (TPSA) is 66.4 Å². The van der Waals surface area contributed by atoms with E-state index in [4.69, 9.17) is 0 Å². The van der Waals surface area contributed by atoms with Gasteiger partial charge in [0.25, 0.3) is 5.91 Å². The van der Waals surface area contributed by atoms with Crippen molar-refractivity contribution in [3.63, 3.8) is 0 Å². The molecule has 0 bridgehead atoms. The summed E-state index contributed by atoms with van der Waals surface area (Å²) in [4.78, 5) is 23.3. The SMILES string of the molecule is O=C(NC(Cc1cccc(F)c1)C(=O)O)c1ccc(C(F)(F)F)cc1. The average Bonchev–Trinajstić information content (AvgIpc) is 2.53. The zero-order valence-corrected chi connectivity index (χ0v) is 12.7. The fraction of sp³-hybridized carbons (Fsp3) is 0.176. The molecule has 1 amide bonds. The van der Waals surface area contributed by atoms with Gasteiger partial charge in [-0.05, 0) is 42.0 Å². The summed E-state index contributed by atoms with van der Waals surface area (Å²) in [5.74, 6) is -2.72. The first-order valence-corrected chi connectivity index (χ1v) is 7.12. The molecule has 0 fully saturated rings. The predicted molar refractivity (Wildman–Crippen MR) is 80.4 cm³/mol. The summed E-state index contributed by atoms with van der Waals surface area (Å²) in [6.07, 6.45) is -4.70. The summed E-state index contributed by atoms with van der Waals surface area (Å²) in [5, 5.41) is 11.4. The maximum Gasteiger partial charge on any atom is 0.416 e. The molecule has 8 heteroatoms. The van der Waals surface area contributed by atoms with E-state index in [-0.39, 0.29) is 12.0 Å². The van der Waals surface area contributed by atoms with Crippen LogP contribution in [-0.2, 0) is 17.4 Å². The van der Waals surface area contributed by atoms with E-state index < -0.39 is 35.5 Å². The highest BCUT2D eigenvalue weighted by Gasteiger charge is 2.30. The first kappa shape index (κ1) is 18.4. The molecule has 0 aliphatic heterocycles. The zero-order chi connectivity index (χ0) is 18.6. The normalized spacial score (nSPS) is 12.5. The Balaban J connectivity index is 2.11. The molecule has 0 saturated carbocycles. The number of carbonyl (C=O) groups excluding carboxylic acids is 1. The molecule has 2 rings (SSSR count). The maximum absolute atomic E-state index is 13.2. The fourth-order valence-electron chi connectivity index (χ4n) is 2.15. The number of benzene rings is 2. The lowest BCUT2D eigenvalue weighted by atomic mass is 10.0. The molecule has 0 aliphatic carbocycles. The molecular formula is C17H13F4NO3. The highest BCUT2D eigenvalue weighted by molar-refractivity contribution is 5.96. The molecular weight excluding hydrogens is 342 g/mol. The van der Waals surface area contributed by atoms with Gasteiger partial charge in [-0.15, -0.1) is 0 Å². The van der Waals surface area contributed by atoms with E-state index in [1.807, 2.05) is 0 Å². The summed E-state index contributed by atoms with van der Waals surface area (Å²) in [5.41, 5.74) is -0.669. The van der Waals surface area contributed by atoms with Crippen LogP contribution in [0.25, 0.3) is 0 Å². The van der Waals surface area contributed by atoms with Gasteiger partial charge in [-0.25, -0.2) is 9.18 Å². The number of carboxylic acid groups (broad SMARTS) is 1. The molecule has 0 spiro atoms. The van der Waals surface area contributed by atoms with Crippen LogP contribution in [0.3, 0.4) is 0 Å². The van der Waals surface area contributed by atoms with Crippen LogP contribution in [0.1, 0.15) is 21.5 Å². The minimum atomic E-state index is -4.53. The monoisotopic (exact) mass is 355 g/mol. The molecule has 4 nitrogen and oxygen atoms in total. The van der Waals surface area contributed by atoms with Crippen LogP contribution >= 0.6 is 0 Å². The molecule has 1 unspecified atom stereocenters. The summed E-state index contributed by atoms with van der Waals surface area (Å²) in [6, 6.07) is 7.27. The van der Waals surface area contributed by atoms with Gasteiger partial charge in [-0.1, -0.05) is 12.1 Å². The highest BCUT2D eigenvalue weighted by Crippen LogP contribution is 2.29. The quantitative estimate of drug-likeness (QED) is 0.809. The number of hydrogen-bond acceptors (Lipinski definition) is 2. The third-order valence-corrected chi connectivity index (χ3v) is 3.41. The average molecular weight is 355 g/mol. The molecule has 0 radical (unpaired) electrons. The number of carbonyl (C=O) groups is 2. The Morgan fingerprint density at radius 1 is 1.08 bits per heavy atom. The fourth-order valence-corrected chi connectivity index (χ4v) is 2.15. The summed E-state index contributed by atoms with van der Waals surface area (Å²) < 4.78 is 50.7. The van der Waals surface area contributed by atoms with Crippen LogP contribution in [0, 0.1) is 5.82 Å². The van der Waals surface area contributed by atoms with E-state index in [1.54, 1.807) is 0 Å². The number of carboxylic acids is 1. The number of aliphatic carboxylic acids is 1. The van der Waals surface area contributed by atoms with Crippen molar-refractivity contribution in [2.45, 2.75) is 18.6 Å². The number of halogens is 4. The van der Waals surface area contributed by atoms with Gasteiger partial charge in [0.1, 0.15) is 11.9 Å². The van der Waals surface area contributed by atoms with Crippen LogP contribution < -0.4 is 5.32 Å². The van der Waals surface area contributed by atoms with Gasteiger partial charge in [-0.2, -0.15) is 13.2 Å². The van der Waals surface area contributed by atoms with Crippen molar-refractivity contribution >= 4 is 11.9 Å². The van der Waals surface area contributed by atoms with E-state index >= 15 is 0 Å². The minimum absolute atomic E-state index is 0.113. The van der Waals surface area contributed by atoms with Gasteiger partial charge >= 0.3 is 12.1 Å². The molecule has 0 heterocycles. The Bertz CT molecular complexity index is 772. The Hall–Kier alpha value is -2.90. The first-order valence-electron chi connectivity index (χ1n) is 7.12. The number of hydrogen-bond donors (Lipinski definition) is 2. The number of nitrogens with one attached hydrogen (secondary N) is 1. The third kappa shape index (κ3) is 5.03. The molecule has 0 aromatic heterocycles. The smallest absolute Gasteiger partial charge is 0.416 e. The number of rotatable bonds is 5. The van der Waals surface area contributed by atoms with E-state index in [9.17, 15) is 32.3 Å². The number of amides is 1. The van der Waals surface area contributed by atoms with Crippen molar-refractivity contribution < 1.29 is 32.3 Å². The zero-order valence-electron chi connectivity index (χ0n) is 12.7. The molecule has 2 N–H and O–H groups in total. The van der Waals surface area contributed by atoms with Crippen molar-refractivity contribution in [3.8, 4) is 0 Å². The van der Waals surface area contributed by atoms with Crippen LogP contribution in [0.2, 0.25) is 0 Å². The Morgan fingerprint density at radius 3 is 2.24 bits per heavy atom. The molecule has 0 saturated heterocycles. The Kier molecular flexibility index (Phi) is 5.41. The summed E-state index contributed by atoms with van der Waals surface area (Å²) in [7, 11) is 0. The van der Waals surface area contributed by atoms with Gasteiger partial charge in [0.05, 0.1) is 5.56 Å². The third-order valence-electron chi connectivity index (χ3n) is 3.41. The second-order valence-electron chi connectivity index (χ2n) is 5.27. The van der Waals surface area contributed by atoms with E-state index in [1.165, 1.54) is 18.2 Å². The highest BCUT2D eigenvalue weighted by atomic mass is 19.4. The van der Waals surface area contributed by atoms with Gasteiger partial charge in [-0.3, -0.25) is 4.79 Å². The lowest BCUT2D eigenvalue weighted by Crippen LogP contribution is -2.42. The Morgan fingerprint density at radius 2 is 1.72 bits per heavy atom. The van der Waals surface area contributed by atoms with E-state index in [0.717, 1.165) is 30.3 Å².